The van der Waals surface area contributed by atoms with Crippen LogP contribution in [-0.2, 0) is 6.42 Å². The molecule has 1 heterocycles. The van der Waals surface area contributed by atoms with Crippen LogP contribution in [0.4, 0.5) is 5.69 Å². The third-order valence-corrected chi connectivity index (χ3v) is 3.26. The Balaban J connectivity index is 2.28. The van der Waals surface area contributed by atoms with E-state index in [4.69, 9.17) is 0 Å². The van der Waals surface area contributed by atoms with Crippen molar-refractivity contribution in [1.82, 2.24) is 0 Å². The number of nitrogens with zero attached hydrogens (tertiary/aromatic N) is 1. The van der Waals surface area contributed by atoms with Crippen LogP contribution in [0.3, 0.4) is 0 Å². The Bertz CT molecular complexity index is 511. The number of carbonyl (C=O) groups is 1. The lowest BCUT2D eigenvalue weighted by molar-refractivity contribution is 0.0695. The number of hydrogen-bond acceptors (Lipinski definition) is 2. The first-order chi connectivity index (χ1) is 8.74. The van der Waals surface area contributed by atoms with Crippen molar-refractivity contribution in [1.29, 1.82) is 0 Å². The van der Waals surface area contributed by atoms with Gasteiger partial charge in [-0.05, 0) is 37.5 Å². The van der Waals surface area contributed by atoms with Crippen LogP contribution in [0.5, 0.6) is 0 Å². The van der Waals surface area contributed by atoms with E-state index in [0.717, 1.165) is 43.6 Å². The van der Waals surface area contributed by atoms with Crippen LogP contribution < -0.4 is 4.90 Å². The van der Waals surface area contributed by atoms with Gasteiger partial charge >= 0.3 is 5.97 Å². The Morgan fingerprint density at radius 3 is 3.06 bits per heavy atom. The highest BCUT2D eigenvalue weighted by atomic mass is 16.4. The number of carboxylic acids is 1. The minimum absolute atomic E-state index is 0.443. The van der Waals surface area contributed by atoms with E-state index in [9.17, 15) is 9.90 Å². The molecule has 0 aromatic heterocycles. The fraction of sp³-hybridized carbons (Fsp3) is 0.400. The van der Waals surface area contributed by atoms with E-state index in [2.05, 4.69) is 16.7 Å². The van der Waals surface area contributed by atoms with Gasteiger partial charge in [-0.15, -0.1) is 11.8 Å². The van der Waals surface area contributed by atoms with Crippen LogP contribution in [-0.4, -0.2) is 24.2 Å². The standard InChI is InChI=1S/C15H17NO2/c1-2-3-4-10-16-11-6-8-12-13(15(17)18)7-5-9-14(12)16/h5,7,9H,4,6,8,10-11H2,1H3,(H,17,18). The van der Waals surface area contributed by atoms with Crippen LogP contribution in [0.25, 0.3) is 0 Å². The molecule has 2 rings (SSSR count). The van der Waals surface area contributed by atoms with Gasteiger partial charge < -0.3 is 10.0 Å². The molecule has 18 heavy (non-hydrogen) atoms. The van der Waals surface area contributed by atoms with Gasteiger partial charge in [0, 0.05) is 25.2 Å². The zero-order chi connectivity index (χ0) is 13.0. The fourth-order valence-electron chi connectivity index (χ4n) is 2.45. The summed E-state index contributed by atoms with van der Waals surface area (Å²) in [4.78, 5) is 13.4. The molecule has 0 unspecified atom stereocenters. The number of hydrogen-bond donors (Lipinski definition) is 1. The van der Waals surface area contributed by atoms with Crippen LogP contribution in [0.15, 0.2) is 18.2 Å². The van der Waals surface area contributed by atoms with Crippen molar-refractivity contribution in [3.63, 3.8) is 0 Å². The summed E-state index contributed by atoms with van der Waals surface area (Å²) in [5.74, 6) is 5.11. The number of benzene rings is 1. The van der Waals surface area contributed by atoms with E-state index in [1.165, 1.54) is 0 Å². The van der Waals surface area contributed by atoms with E-state index in [0.29, 0.717) is 5.56 Å². The molecule has 0 fully saturated rings. The molecule has 0 saturated carbocycles. The summed E-state index contributed by atoms with van der Waals surface area (Å²) in [6, 6.07) is 5.53. The topological polar surface area (TPSA) is 40.5 Å². The average molecular weight is 243 g/mol. The van der Waals surface area contributed by atoms with E-state index in [1.807, 2.05) is 19.1 Å². The largest absolute Gasteiger partial charge is 0.478 e. The van der Waals surface area contributed by atoms with Gasteiger partial charge in [0.15, 0.2) is 0 Å². The molecule has 1 aromatic rings. The van der Waals surface area contributed by atoms with Crippen molar-refractivity contribution in [3.8, 4) is 11.8 Å². The normalized spacial score (nSPS) is 13.5. The van der Waals surface area contributed by atoms with Crippen molar-refractivity contribution in [2.45, 2.75) is 26.2 Å². The molecular weight excluding hydrogens is 226 g/mol. The predicted molar refractivity (Wildman–Crippen MR) is 72.0 cm³/mol. The van der Waals surface area contributed by atoms with Crippen molar-refractivity contribution >= 4 is 11.7 Å². The molecule has 0 saturated heterocycles. The van der Waals surface area contributed by atoms with Crippen molar-refractivity contribution in [3.05, 3.63) is 29.3 Å². The summed E-state index contributed by atoms with van der Waals surface area (Å²) >= 11 is 0. The number of carboxylic acid groups (broad SMARTS) is 1. The van der Waals surface area contributed by atoms with E-state index in [1.54, 1.807) is 6.07 Å². The second-order valence-corrected chi connectivity index (χ2v) is 4.38. The Hall–Kier alpha value is -1.95. The molecule has 0 radical (unpaired) electrons. The predicted octanol–water partition coefficient (Wildman–Crippen LogP) is 2.55. The molecule has 0 aliphatic carbocycles. The van der Waals surface area contributed by atoms with Gasteiger partial charge in [-0.2, -0.15) is 0 Å². The van der Waals surface area contributed by atoms with Crippen LogP contribution in [0, 0.1) is 11.8 Å². The van der Waals surface area contributed by atoms with Gasteiger partial charge in [-0.3, -0.25) is 0 Å². The lowest BCUT2D eigenvalue weighted by atomic mass is 9.96. The molecule has 1 aliphatic heterocycles. The summed E-state index contributed by atoms with van der Waals surface area (Å²) in [6.07, 6.45) is 2.69. The molecule has 3 heteroatoms. The van der Waals surface area contributed by atoms with E-state index in [-0.39, 0.29) is 0 Å². The minimum atomic E-state index is -0.831. The quantitative estimate of drug-likeness (QED) is 0.829. The molecule has 1 N–H and O–H groups in total. The molecular formula is C15H17NO2. The number of fused-ring (bicyclic) bond motifs is 1. The lowest BCUT2D eigenvalue weighted by Gasteiger charge is -2.31. The Morgan fingerprint density at radius 1 is 1.50 bits per heavy atom. The number of rotatable bonds is 3. The summed E-state index contributed by atoms with van der Waals surface area (Å²) < 4.78 is 0. The monoisotopic (exact) mass is 243 g/mol. The fourth-order valence-corrected chi connectivity index (χ4v) is 2.45. The van der Waals surface area contributed by atoms with Crippen LogP contribution in [0.2, 0.25) is 0 Å². The molecule has 0 atom stereocenters. The SMILES string of the molecule is CC#CCCN1CCCc2c(C(=O)O)cccc21. The van der Waals surface area contributed by atoms with E-state index >= 15 is 0 Å². The minimum Gasteiger partial charge on any atom is -0.478 e. The molecule has 0 spiro atoms. The molecule has 3 nitrogen and oxygen atoms in total. The van der Waals surface area contributed by atoms with Crippen molar-refractivity contribution in [2.75, 3.05) is 18.0 Å². The second-order valence-electron chi connectivity index (χ2n) is 4.38. The van der Waals surface area contributed by atoms with Gasteiger partial charge in [-0.1, -0.05) is 6.07 Å². The molecule has 1 aromatic carbocycles. The van der Waals surface area contributed by atoms with Crippen LogP contribution >= 0.6 is 0 Å². The third kappa shape index (κ3) is 2.48. The molecule has 94 valence electrons. The first-order valence-electron chi connectivity index (χ1n) is 6.23. The molecule has 0 bridgehead atoms. The maximum atomic E-state index is 11.2. The summed E-state index contributed by atoms with van der Waals surface area (Å²) in [5.41, 5.74) is 2.48. The third-order valence-electron chi connectivity index (χ3n) is 3.26. The smallest absolute Gasteiger partial charge is 0.336 e. The zero-order valence-corrected chi connectivity index (χ0v) is 10.6. The Kier molecular flexibility index (Phi) is 3.88. The maximum absolute atomic E-state index is 11.2. The Morgan fingerprint density at radius 2 is 2.33 bits per heavy atom. The maximum Gasteiger partial charge on any atom is 0.336 e. The molecule has 1 aliphatic rings. The highest BCUT2D eigenvalue weighted by Crippen LogP contribution is 2.29. The van der Waals surface area contributed by atoms with Gasteiger partial charge in [0.2, 0.25) is 0 Å². The van der Waals surface area contributed by atoms with Crippen molar-refractivity contribution in [2.24, 2.45) is 0 Å². The molecule has 0 amide bonds. The van der Waals surface area contributed by atoms with Crippen LogP contribution in [0.1, 0.15) is 35.7 Å². The summed E-state index contributed by atoms with van der Waals surface area (Å²) in [7, 11) is 0. The first-order valence-corrected chi connectivity index (χ1v) is 6.23. The highest BCUT2D eigenvalue weighted by Gasteiger charge is 2.21. The van der Waals surface area contributed by atoms with E-state index < -0.39 is 5.97 Å². The number of anilines is 1. The van der Waals surface area contributed by atoms with Gasteiger partial charge in [0.25, 0.3) is 0 Å². The number of aromatic carboxylic acids is 1. The average Bonchev–Trinajstić information content (AvgIpc) is 2.38. The zero-order valence-electron chi connectivity index (χ0n) is 10.6. The Labute approximate surface area is 107 Å². The first kappa shape index (κ1) is 12.5. The second kappa shape index (κ2) is 5.59. The van der Waals surface area contributed by atoms with Gasteiger partial charge in [0.05, 0.1) is 5.56 Å². The van der Waals surface area contributed by atoms with Gasteiger partial charge in [0.1, 0.15) is 0 Å². The summed E-state index contributed by atoms with van der Waals surface area (Å²) in [5, 5.41) is 9.20. The lowest BCUT2D eigenvalue weighted by Crippen LogP contribution is -2.31. The van der Waals surface area contributed by atoms with Crippen molar-refractivity contribution < 1.29 is 9.90 Å². The summed E-state index contributed by atoms with van der Waals surface area (Å²) in [6.45, 7) is 3.70. The highest BCUT2D eigenvalue weighted by molar-refractivity contribution is 5.91. The van der Waals surface area contributed by atoms with Gasteiger partial charge in [-0.25, -0.2) is 4.79 Å².